The van der Waals surface area contributed by atoms with Crippen LogP contribution < -0.4 is 5.32 Å². The normalized spacial score (nSPS) is 8.06. The Kier molecular flexibility index (Phi) is 7.78. The number of esters is 1. The summed E-state index contributed by atoms with van der Waals surface area (Å²) in [4.78, 5) is 9.75. The Morgan fingerprint density at radius 1 is 1.53 bits per heavy atom. The van der Waals surface area contributed by atoms with Gasteiger partial charge in [0.05, 0.1) is 17.9 Å². The molecule has 0 heterocycles. The molecule has 17 heavy (non-hydrogen) atoms. The third kappa shape index (κ3) is 7.63. The molecule has 4 nitrogen and oxygen atoms in total. The highest BCUT2D eigenvalue weighted by Crippen LogP contribution is 2.07. The molecule has 0 aliphatic rings. The Balaban J connectivity index is 0.000000366. The van der Waals surface area contributed by atoms with Gasteiger partial charge in [0.15, 0.2) is 0 Å². The van der Waals surface area contributed by atoms with Crippen LogP contribution in [0.2, 0.25) is 0 Å². The van der Waals surface area contributed by atoms with Crippen LogP contribution in [-0.2, 0) is 9.53 Å². The first-order valence-corrected chi connectivity index (χ1v) is 5.16. The zero-order valence-corrected chi connectivity index (χ0v) is 10.1. The van der Waals surface area contributed by atoms with E-state index in [4.69, 9.17) is 5.26 Å². The maximum absolute atomic E-state index is 9.75. The van der Waals surface area contributed by atoms with Crippen molar-refractivity contribution in [2.75, 3.05) is 11.9 Å². The zero-order valence-electron chi connectivity index (χ0n) is 10.1. The Bertz CT molecular complexity index is 391. The van der Waals surface area contributed by atoms with Gasteiger partial charge in [-0.2, -0.15) is 5.26 Å². The van der Waals surface area contributed by atoms with Crippen molar-refractivity contribution in [1.82, 2.24) is 0 Å². The van der Waals surface area contributed by atoms with Crippen LogP contribution in [0.3, 0.4) is 0 Å². The fourth-order valence-electron chi connectivity index (χ4n) is 0.984. The van der Waals surface area contributed by atoms with Crippen molar-refractivity contribution in [2.45, 2.75) is 13.8 Å². The average Bonchev–Trinajstić information content (AvgIpc) is 2.31. The van der Waals surface area contributed by atoms with Crippen molar-refractivity contribution >= 4 is 11.7 Å². The highest BCUT2D eigenvalue weighted by Gasteiger charge is 1.89. The number of hydrogen-bond donors (Lipinski definition) is 1. The van der Waals surface area contributed by atoms with Crippen molar-refractivity contribution in [3.8, 4) is 6.07 Å². The number of carbonyl (C=O) groups excluding carboxylic acids is 1. The molecule has 0 atom stereocenters. The van der Waals surface area contributed by atoms with Gasteiger partial charge in [-0.3, -0.25) is 4.79 Å². The number of anilines is 1. The number of ether oxygens (including phenoxy) is 1. The summed E-state index contributed by atoms with van der Waals surface area (Å²) in [6, 6.07) is 9.49. The number of rotatable bonds is 3. The molecular weight excluding hydrogens is 216 g/mol. The summed E-state index contributed by atoms with van der Waals surface area (Å²) in [6.07, 6.45) is 1.10. The first kappa shape index (κ1) is 14.7. The number of benzene rings is 1. The molecule has 0 unspecified atom stereocenters. The summed E-state index contributed by atoms with van der Waals surface area (Å²) in [6.45, 7) is 7.43. The predicted octanol–water partition coefficient (Wildman–Crippen LogP) is 2.68. The van der Waals surface area contributed by atoms with E-state index in [0.29, 0.717) is 5.56 Å². The van der Waals surface area contributed by atoms with Gasteiger partial charge in [0.1, 0.15) is 0 Å². The smallest absolute Gasteiger partial charge is 0.307 e. The van der Waals surface area contributed by atoms with Gasteiger partial charge in [-0.25, -0.2) is 0 Å². The van der Waals surface area contributed by atoms with E-state index in [9.17, 15) is 4.79 Å². The zero-order chi connectivity index (χ0) is 13.1. The quantitative estimate of drug-likeness (QED) is 0.643. The van der Waals surface area contributed by atoms with Gasteiger partial charge in [0.2, 0.25) is 0 Å². The van der Waals surface area contributed by atoms with Gasteiger partial charge in [-0.1, -0.05) is 6.58 Å². The van der Waals surface area contributed by atoms with Crippen LogP contribution >= 0.6 is 0 Å². The molecule has 0 aliphatic carbocycles. The molecule has 1 aromatic carbocycles. The SMILES string of the molecule is C=COC(C)=O.CCNc1ccc(C#N)cc1. The molecule has 0 saturated heterocycles. The summed E-state index contributed by atoms with van der Waals surface area (Å²) in [5, 5.41) is 11.6. The Labute approximate surface area is 102 Å². The van der Waals surface area contributed by atoms with E-state index >= 15 is 0 Å². The van der Waals surface area contributed by atoms with Crippen molar-refractivity contribution in [3.63, 3.8) is 0 Å². The molecule has 0 spiro atoms. The molecule has 0 radical (unpaired) electrons. The Morgan fingerprint density at radius 2 is 2.12 bits per heavy atom. The summed E-state index contributed by atoms with van der Waals surface area (Å²) < 4.78 is 4.17. The molecule has 1 aromatic rings. The Morgan fingerprint density at radius 3 is 2.41 bits per heavy atom. The number of hydrogen-bond acceptors (Lipinski definition) is 4. The molecule has 0 bridgehead atoms. The molecule has 90 valence electrons. The van der Waals surface area contributed by atoms with E-state index in [1.807, 2.05) is 19.1 Å². The summed E-state index contributed by atoms with van der Waals surface area (Å²) >= 11 is 0. The number of nitrogens with zero attached hydrogens (tertiary/aromatic N) is 1. The molecule has 1 N–H and O–H groups in total. The second-order valence-corrected chi connectivity index (χ2v) is 3.00. The maximum atomic E-state index is 9.75. The van der Waals surface area contributed by atoms with Gasteiger partial charge < -0.3 is 10.1 Å². The monoisotopic (exact) mass is 232 g/mol. The van der Waals surface area contributed by atoms with Gasteiger partial charge in [-0.05, 0) is 31.2 Å². The number of nitrogens with one attached hydrogen (secondary N) is 1. The van der Waals surface area contributed by atoms with Gasteiger partial charge >= 0.3 is 5.97 Å². The lowest BCUT2D eigenvalue weighted by atomic mass is 10.2. The van der Waals surface area contributed by atoms with Gasteiger partial charge in [0, 0.05) is 19.2 Å². The molecule has 0 aliphatic heterocycles. The third-order valence-corrected chi connectivity index (χ3v) is 1.64. The van der Waals surface area contributed by atoms with E-state index in [1.165, 1.54) is 6.92 Å². The molecule has 1 rings (SSSR count). The second kappa shape index (κ2) is 8.98. The van der Waals surface area contributed by atoms with E-state index in [0.717, 1.165) is 18.5 Å². The Hall–Kier alpha value is -2.28. The van der Waals surface area contributed by atoms with Crippen LogP contribution in [0.25, 0.3) is 0 Å². The van der Waals surface area contributed by atoms with E-state index in [2.05, 4.69) is 22.7 Å². The highest BCUT2D eigenvalue weighted by atomic mass is 16.5. The van der Waals surface area contributed by atoms with Gasteiger partial charge in [-0.15, -0.1) is 0 Å². The molecule has 0 fully saturated rings. The lowest BCUT2D eigenvalue weighted by Gasteiger charge is -2.00. The van der Waals surface area contributed by atoms with Crippen LogP contribution in [0.5, 0.6) is 0 Å². The fraction of sp³-hybridized carbons (Fsp3) is 0.231. The van der Waals surface area contributed by atoms with E-state index < -0.39 is 0 Å². The first-order chi connectivity index (χ1) is 8.13. The first-order valence-electron chi connectivity index (χ1n) is 5.16. The van der Waals surface area contributed by atoms with Gasteiger partial charge in [0.25, 0.3) is 0 Å². The molecular formula is C13H16N2O2. The minimum Gasteiger partial charge on any atom is -0.435 e. The van der Waals surface area contributed by atoms with Crippen molar-refractivity contribution < 1.29 is 9.53 Å². The summed E-state index contributed by atoms with van der Waals surface area (Å²) in [5.74, 6) is -0.329. The van der Waals surface area contributed by atoms with Crippen LogP contribution in [0.15, 0.2) is 37.1 Å². The maximum Gasteiger partial charge on any atom is 0.307 e. The minimum atomic E-state index is -0.329. The molecule has 0 amide bonds. The van der Waals surface area contributed by atoms with Crippen molar-refractivity contribution in [3.05, 3.63) is 42.7 Å². The minimum absolute atomic E-state index is 0.329. The van der Waals surface area contributed by atoms with E-state index in [1.54, 1.807) is 12.1 Å². The van der Waals surface area contributed by atoms with Crippen LogP contribution in [0, 0.1) is 11.3 Å². The largest absolute Gasteiger partial charge is 0.435 e. The highest BCUT2D eigenvalue weighted by molar-refractivity contribution is 5.66. The van der Waals surface area contributed by atoms with Crippen LogP contribution in [0.4, 0.5) is 5.69 Å². The average molecular weight is 232 g/mol. The summed E-state index contributed by atoms with van der Waals surface area (Å²) in [5.41, 5.74) is 1.76. The summed E-state index contributed by atoms with van der Waals surface area (Å²) in [7, 11) is 0. The molecule has 4 heteroatoms. The molecule has 0 aromatic heterocycles. The standard InChI is InChI=1S/C9H10N2.C4H6O2/c1-2-11-9-5-3-8(7-10)4-6-9;1-3-6-4(2)5/h3-6,11H,2H2,1H3;3H,1H2,2H3. The predicted molar refractivity (Wildman–Crippen MR) is 67.3 cm³/mol. The second-order valence-electron chi connectivity index (χ2n) is 3.00. The number of nitriles is 1. The van der Waals surface area contributed by atoms with Crippen LogP contribution in [0.1, 0.15) is 19.4 Å². The molecule has 0 saturated carbocycles. The fourth-order valence-corrected chi connectivity index (χ4v) is 0.984. The topological polar surface area (TPSA) is 62.1 Å². The van der Waals surface area contributed by atoms with E-state index in [-0.39, 0.29) is 5.97 Å². The van der Waals surface area contributed by atoms with Crippen LogP contribution in [-0.4, -0.2) is 12.5 Å². The number of carbonyl (C=O) groups is 1. The van der Waals surface area contributed by atoms with Crippen molar-refractivity contribution in [1.29, 1.82) is 5.26 Å². The van der Waals surface area contributed by atoms with Crippen molar-refractivity contribution in [2.24, 2.45) is 0 Å². The lowest BCUT2D eigenvalue weighted by Crippen LogP contribution is -1.95. The third-order valence-electron chi connectivity index (χ3n) is 1.64. The lowest BCUT2D eigenvalue weighted by molar-refractivity contribution is -0.135.